The largest absolute Gasteiger partial charge is 0.378 e. The van der Waals surface area contributed by atoms with E-state index in [1.165, 1.54) is 32.1 Å². The summed E-state index contributed by atoms with van der Waals surface area (Å²) in [4.78, 5) is 24.0. The lowest BCUT2D eigenvalue weighted by Gasteiger charge is -2.30. The predicted octanol–water partition coefficient (Wildman–Crippen LogP) is 3.06. The second-order valence-electron chi connectivity index (χ2n) is 8.32. The van der Waals surface area contributed by atoms with Gasteiger partial charge in [0.15, 0.2) is 0 Å². The van der Waals surface area contributed by atoms with Crippen LogP contribution in [0.15, 0.2) is 6.20 Å². The summed E-state index contributed by atoms with van der Waals surface area (Å²) in [5.74, 6) is 2.59. The van der Waals surface area contributed by atoms with E-state index in [2.05, 4.69) is 24.1 Å². The van der Waals surface area contributed by atoms with E-state index in [1.54, 1.807) is 6.20 Å². The highest BCUT2D eigenvalue weighted by Crippen LogP contribution is 2.42. The molecule has 142 valence electrons. The van der Waals surface area contributed by atoms with Gasteiger partial charge in [0.25, 0.3) is 5.91 Å². The molecular weight excluding hydrogens is 328 g/mol. The Labute approximate surface area is 155 Å². The lowest BCUT2D eigenvalue weighted by Crippen LogP contribution is -2.41. The van der Waals surface area contributed by atoms with Crippen LogP contribution in [0, 0.1) is 11.8 Å². The fraction of sp³-hybridized carbons (Fsp3) is 0.750. The zero-order valence-corrected chi connectivity index (χ0v) is 15.9. The summed E-state index contributed by atoms with van der Waals surface area (Å²) >= 11 is 0. The highest BCUT2D eigenvalue weighted by molar-refractivity contribution is 5.95. The number of ether oxygens (including phenoxy) is 1. The minimum Gasteiger partial charge on any atom is -0.378 e. The number of rotatable bonds is 4. The van der Waals surface area contributed by atoms with Crippen LogP contribution in [0.4, 0.5) is 5.95 Å². The fourth-order valence-electron chi connectivity index (χ4n) is 4.75. The fourth-order valence-corrected chi connectivity index (χ4v) is 4.75. The second kappa shape index (κ2) is 7.51. The number of nitrogens with one attached hydrogen (secondary N) is 1. The third-order valence-electron chi connectivity index (χ3n) is 6.25. The van der Waals surface area contributed by atoms with E-state index in [0.717, 1.165) is 17.5 Å². The van der Waals surface area contributed by atoms with Crippen molar-refractivity contribution in [2.24, 2.45) is 11.8 Å². The van der Waals surface area contributed by atoms with Crippen molar-refractivity contribution in [1.29, 1.82) is 0 Å². The van der Waals surface area contributed by atoms with Gasteiger partial charge in [-0.1, -0.05) is 20.3 Å². The molecule has 1 aliphatic heterocycles. The maximum absolute atomic E-state index is 12.9. The third kappa shape index (κ3) is 3.56. The number of carbonyl (C=O) groups excluding carboxylic acids is 1. The molecule has 0 aromatic carbocycles. The van der Waals surface area contributed by atoms with Crippen LogP contribution in [-0.2, 0) is 4.74 Å². The number of hydrogen-bond acceptors (Lipinski definition) is 5. The van der Waals surface area contributed by atoms with Crippen LogP contribution >= 0.6 is 0 Å². The van der Waals surface area contributed by atoms with E-state index < -0.39 is 0 Å². The van der Waals surface area contributed by atoms with Crippen LogP contribution in [0.25, 0.3) is 0 Å². The van der Waals surface area contributed by atoms with Gasteiger partial charge >= 0.3 is 0 Å². The quantitative estimate of drug-likeness (QED) is 0.896. The molecule has 2 bridgehead atoms. The molecule has 6 heteroatoms. The van der Waals surface area contributed by atoms with Crippen LogP contribution in [-0.4, -0.2) is 53.1 Å². The Kier molecular flexibility index (Phi) is 5.11. The number of carbonyl (C=O) groups is 1. The summed E-state index contributed by atoms with van der Waals surface area (Å²) in [5.41, 5.74) is 1.48. The van der Waals surface area contributed by atoms with Gasteiger partial charge in [-0.3, -0.25) is 4.79 Å². The number of anilines is 1. The molecule has 2 heterocycles. The highest BCUT2D eigenvalue weighted by Gasteiger charge is 2.36. The summed E-state index contributed by atoms with van der Waals surface area (Å²) in [6.45, 7) is 6.66. The second-order valence-corrected chi connectivity index (χ2v) is 8.32. The molecule has 1 amide bonds. The Balaban J connectivity index is 1.52. The number of nitrogens with zero attached hydrogens (tertiary/aromatic N) is 3. The minimum absolute atomic E-state index is 0.0276. The molecule has 3 fully saturated rings. The van der Waals surface area contributed by atoms with E-state index in [4.69, 9.17) is 9.72 Å². The zero-order valence-electron chi connectivity index (χ0n) is 15.9. The summed E-state index contributed by atoms with van der Waals surface area (Å²) < 4.78 is 5.36. The molecule has 1 N–H and O–H groups in total. The highest BCUT2D eigenvalue weighted by atomic mass is 16.5. The van der Waals surface area contributed by atoms with Crippen molar-refractivity contribution in [3.05, 3.63) is 17.5 Å². The monoisotopic (exact) mass is 358 g/mol. The van der Waals surface area contributed by atoms with E-state index in [-0.39, 0.29) is 11.8 Å². The molecule has 2 aliphatic carbocycles. The van der Waals surface area contributed by atoms with E-state index in [9.17, 15) is 4.79 Å². The van der Waals surface area contributed by atoms with Crippen molar-refractivity contribution >= 4 is 11.9 Å². The van der Waals surface area contributed by atoms with Gasteiger partial charge < -0.3 is 15.0 Å². The van der Waals surface area contributed by atoms with E-state index >= 15 is 0 Å². The van der Waals surface area contributed by atoms with Gasteiger partial charge in [-0.25, -0.2) is 9.97 Å². The topological polar surface area (TPSA) is 67.4 Å². The van der Waals surface area contributed by atoms with Crippen molar-refractivity contribution in [1.82, 2.24) is 14.9 Å². The first-order valence-corrected chi connectivity index (χ1v) is 10.1. The average Bonchev–Trinajstić information content (AvgIpc) is 3.06. The molecule has 1 aromatic heterocycles. The van der Waals surface area contributed by atoms with Gasteiger partial charge in [0.1, 0.15) is 0 Å². The standard InChI is InChI=1S/C20H30N4O2/c1-13(2)18-16(19(25)24-7-9-26-10-8-24)12-21-20(23-18)22-17-6-4-14-3-5-15(17)11-14/h12-15,17H,3-11H2,1-2H3,(H,21,22,23)/t14-,15-,17-/m1/s1. The van der Waals surface area contributed by atoms with Gasteiger partial charge in [-0.2, -0.15) is 0 Å². The molecule has 1 saturated heterocycles. The number of amides is 1. The lowest BCUT2D eigenvalue weighted by atomic mass is 9.85. The Bertz CT molecular complexity index is 657. The molecule has 0 radical (unpaired) electrons. The SMILES string of the molecule is CC(C)c1nc(N[C@@H]2CC[C@H]3CC[C@@H]2C3)ncc1C(=O)N1CCOCC1. The van der Waals surface area contributed by atoms with Crippen LogP contribution in [0.2, 0.25) is 0 Å². The lowest BCUT2D eigenvalue weighted by molar-refractivity contribution is 0.0301. The third-order valence-corrected chi connectivity index (χ3v) is 6.25. The van der Waals surface area contributed by atoms with Gasteiger partial charge in [0.05, 0.1) is 24.5 Å². The van der Waals surface area contributed by atoms with Gasteiger partial charge in [-0.05, 0) is 43.4 Å². The van der Waals surface area contributed by atoms with Crippen LogP contribution < -0.4 is 5.32 Å². The van der Waals surface area contributed by atoms with Gasteiger partial charge in [0, 0.05) is 25.3 Å². The zero-order chi connectivity index (χ0) is 18.1. The van der Waals surface area contributed by atoms with Crippen molar-refractivity contribution in [2.75, 3.05) is 31.6 Å². The van der Waals surface area contributed by atoms with Gasteiger partial charge in [0.2, 0.25) is 5.95 Å². The van der Waals surface area contributed by atoms with Crippen LogP contribution in [0.1, 0.15) is 67.9 Å². The Morgan fingerprint density at radius 3 is 2.77 bits per heavy atom. The minimum atomic E-state index is 0.0276. The molecule has 4 rings (SSSR count). The number of morpholine rings is 1. The maximum Gasteiger partial charge on any atom is 0.257 e. The van der Waals surface area contributed by atoms with Crippen molar-refractivity contribution in [3.8, 4) is 0 Å². The van der Waals surface area contributed by atoms with Crippen molar-refractivity contribution < 1.29 is 9.53 Å². The first-order chi connectivity index (χ1) is 12.6. The Hall–Kier alpha value is -1.69. The molecule has 1 aromatic rings. The molecule has 0 unspecified atom stereocenters. The Morgan fingerprint density at radius 2 is 2.00 bits per heavy atom. The predicted molar refractivity (Wildman–Crippen MR) is 100 cm³/mol. The molecule has 2 saturated carbocycles. The number of aromatic nitrogens is 2. The summed E-state index contributed by atoms with van der Waals surface area (Å²) in [7, 11) is 0. The number of fused-ring (bicyclic) bond motifs is 2. The summed E-state index contributed by atoms with van der Waals surface area (Å²) in [6, 6.07) is 0.481. The molecule has 3 atom stereocenters. The first kappa shape index (κ1) is 17.7. The normalized spacial score (nSPS) is 28.4. The van der Waals surface area contributed by atoms with E-state index in [0.29, 0.717) is 43.9 Å². The summed E-state index contributed by atoms with van der Waals surface area (Å²) in [6.07, 6.45) is 8.31. The van der Waals surface area contributed by atoms with Crippen LogP contribution in [0.3, 0.4) is 0 Å². The van der Waals surface area contributed by atoms with Crippen molar-refractivity contribution in [2.45, 2.75) is 57.9 Å². The molecule has 6 nitrogen and oxygen atoms in total. The molecule has 0 spiro atoms. The summed E-state index contributed by atoms with van der Waals surface area (Å²) in [5, 5.41) is 3.58. The Morgan fingerprint density at radius 1 is 1.23 bits per heavy atom. The van der Waals surface area contributed by atoms with Crippen molar-refractivity contribution in [3.63, 3.8) is 0 Å². The van der Waals surface area contributed by atoms with E-state index in [1.807, 2.05) is 4.90 Å². The maximum atomic E-state index is 12.9. The number of hydrogen-bond donors (Lipinski definition) is 1. The average molecular weight is 358 g/mol. The van der Waals surface area contributed by atoms with Gasteiger partial charge in [-0.15, -0.1) is 0 Å². The molecular formula is C20H30N4O2. The molecule has 26 heavy (non-hydrogen) atoms. The molecule has 3 aliphatic rings. The van der Waals surface area contributed by atoms with Crippen LogP contribution in [0.5, 0.6) is 0 Å². The first-order valence-electron chi connectivity index (χ1n) is 10.1. The smallest absolute Gasteiger partial charge is 0.257 e.